The van der Waals surface area contributed by atoms with Gasteiger partial charge in [0.2, 0.25) is 0 Å². The Morgan fingerprint density at radius 3 is 2.47 bits per heavy atom. The summed E-state index contributed by atoms with van der Waals surface area (Å²) in [5.41, 5.74) is -0.0153. The third kappa shape index (κ3) is 3.79. The summed E-state index contributed by atoms with van der Waals surface area (Å²) in [4.78, 5) is 22.3. The molecule has 0 radical (unpaired) electrons. The lowest BCUT2D eigenvalue weighted by atomic mass is 9.97. The second-order valence-electron chi connectivity index (χ2n) is 4.25. The van der Waals surface area contributed by atoms with E-state index in [4.69, 9.17) is 9.84 Å². The zero-order chi connectivity index (χ0) is 14.4. The Labute approximate surface area is 111 Å². The number of unbranched alkanes of at least 4 members (excludes halogenated alkanes) is 1. The highest BCUT2D eigenvalue weighted by molar-refractivity contribution is 6.02. The Hall–Kier alpha value is -1.88. The molecular weight excluding hydrogens is 248 g/mol. The topological polar surface area (TPSA) is 83.8 Å². The molecule has 2 N–H and O–H groups in total. The van der Waals surface area contributed by atoms with Crippen LogP contribution in [0.15, 0.2) is 18.2 Å². The van der Waals surface area contributed by atoms with Gasteiger partial charge in [0.25, 0.3) is 0 Å². The third-order valence-electron chi connectivity index (χ3n) is 2.84. The molecule has 1 aromatic rings. The zero-order valence-corrected chi connectivity index (χ0v) is 11.0. The minimum Gasteiger partial charge on any atom is -0.478 e. The summed E-state index contributed by atoms with van der Waals surface area (Å²) in [6.07, 6.45) is 1.41. The van der Waals surface area contributed by atoms with E-state index in [1.54, 1.807) is 13.0 Å². The minimum atomic E-state index is -1.25. The summed E-state index contributed by atoms with van der Waals surface area (Å²) in [6.45, 7) is 4.28. The van der Waals surface area contributed by atoms with Crippen molar-refractivity contribution < 1.29 is 24.5 Å². The Morgan fingerprint density at radius 2 is 1.95 bits per heavy atom. The summed E-state index contributed by atoms with van der Waals surface area (Å²) in [5.74, 6) is -2.50. The molecule has 0 spiro atoms. The van der Waals surface area contributed by atoms with Crippen LogP contribution in [0.5, 0.6) is 0 Å². The first kappa shape index (κ1) is 15.2. The van der Waals surface area contributed by atoms with Gasteiger partial charge in [0.1, 0.15) is 0 Å². The van der Waals surface area contributed by atoms with Crippen LogP contribution in [0.3, 0.4) is 0 Å². The molecule has 0 fully saturated rings. The van der Waals surface area contributed by atoms with Gasteiger partial charge in [-0.3, -0.25) is 0 Å². The molecule has 1 unspecified atom stereocenters. The normalized spacial score (nSPS) is 12.1. The molecule has 1 aromatic carbocycles. The van der Waals surface area contributed by atoms with Crippen LogP contribution in [-0.2, 0) is 4.74 Å². The van der Waals surface area contributed by atoms with Crippen LogP contribution in [0.25, 0.3) is 0 Å². The van der Waals surface area contributed by atoms with Crippen molar-refractivity contribution in [1.82, 2.24) is 0 Å². The highest BCUT2D eigenvalue weighted by Crippen LogP contribution is 2.24. The summed E-state index contributed by atoms with van der Waals surface area (Å²) in [7, 11) is 0. The number of carboxylic acids is 2. The van der Waals surface area contributed by atoms with Crippen LogP contribution in [-0.4, -0.2) is 28.8 Å². The summed E-state index contributed by atoms with van der Waals surface area (Å²) in [5, 5.41) is 18.2. The molecule has 1 rings (SSSR count). The largest absolute Gasteiger partial charge is 0.478 e. The fourth-order valence-electron chi connectivity index (χ4n) is 1.82. The van der Waals surface area contributed by atoms with Gasteiger partial charge in [-0.05, 0) is 25.0 Å². The van der Waals surface area contributed by atoms with Crippen LogP contribution in [0.2, 0.25) is 0 Å². The van der Waals surface area contributed by atoms with Gasteiger partial charge >= 0.3 is 11.9 Å². The van der Waals surface area contributed by atoms with Crippen molar-refractivity contribution in [2.45, 2.75) is 32.8 Å². The van der Waals surface area contributed by atoms with Crippen molar-refractivity contribution in [3.8, 4) is 0 Å². The lowest BCUT2D eigenvalue weighted by Gasteiger charge is -2.16. The maximum Gasteiger partial charge on any atom is 0.336 e. The van der Waals surface area contributed by atoms with E-state index in [-0.39, 0.29) is 11.1 Å². The predicted molar refractivity (Wildman–Crippen MR) is 69.6 cm³/mol. The van der Waals surface area contributed by atoms with E-state index in [0.29, 0.717) is 12.2 Å². The van der Waals surface area contributed by atoms with Gasteiger partial charge in [-0.2, -0.15) is 0 Å². The summed E-state index contributed by atoms with van der Waals surface area (Å²) in [6, 6.07) is 4.41. The second kappa shape index (κ2) is 6.89. The van der Waals surface area contributed by atoms with E-state index in [1.165, 1.54) is 12.1 Å². The first-order valence-electron chi connectivity index (χ1n) is 6.20. The van der Waals surface area contributed by atoms with E-state index >= 15 is 0 Å². The standard InChI is InChI=1S/C14H18O5/c1-3-4-8-19-9(2)10-6-5-7-11(13(15)16)12(10)14(17)18/h5-7,9H,3-4,8H2,1-2H3,(H,15,16)(H,17,18). The Kier molecular flexibility index (Phi) is 5.51. The molecule has 0 amide bonds. The molecule has 0 aliphatic rings. The number of hydrogen-bond donors (Lipinski definition) is 2. The smallest absolute Gasteiger partial charge is 0.336 e. The lowest BCUT2D eigenvalue weighted by molar-refractivity contribution is 0.0570. The van der Waals surface area contributed by atoms with Crippen molar-refractivity contribution in [2.75, 3.05) is 6.61 Å². The van der Waals surface area contributed by atoms with Crippen LogP contribution >= 0.6 is 0 Å². The minimum absolute atomic E-state index is 0.195. The van der Waals surface area contributed by atoms with E-state index in [9.17, 15) is 14.7 Å². The van der Waals surface area contributed by atoms with E-state index in [0.717, 1.165) is 12.8 Å². The maximum atomic E-state index is 11.3. The van der Waals surface area contributed by atoms with Crippen LogP contribution in [0.1, 0.15) is 59.1 Å². The van der Waals surface area contributed by atoms with Gasteiger partial charge < -0.3 is 14.9 Å². The van der Waals surface area contributed by atoms with Gasteiger partial charge in [0, 0.05) is 6.61 Å². The number of carbonyl (C=O) groups is 2. The molecule has 5 nitrogen and oxygen atoms in total. The van der Waals surface area contributed by atoms with Gasteiger partial charge in [-0.15, -0.1) is 0 Å². The maximum absolute atomic E-state index is 11.3. The quantitative estimate of drug-likeness (QED) is 0.741. The van der Waals surface area contributed by atoms with Crippen molar-refractivity contribution in [1.29, 1.82) is 0 Å². The number of hydrogen-bond acceptors (Lipinski definition) is 3. The van der Waals surface area contributed by atoms with Crippen LogP contribution in [0.4, 0.5) is 0 Å². The molecule has 0 aliphatic heterocycles. The lowest BCUT2D eigenvalue weighted by Crippen LogP contribution is -2.14. The fourth-order valence-corrected chi connectivity index (χ4v) is 1.82. The number of ether oxygens (including phenoxy) is 1. The van der Waals surface area contributed by atoms with Crippen molar-refractivity contribution in [3.63, 3.8) is 0 Å². The fraction of sp³-hybridized carbons (Fsp3) is 0.429. The van der Waals surface area contributed by atoms with Gasteiger partial charge in [-0.25, -0.2) is 9.59 Å². The molecule has 19 heavy (non-hydrogen) atoms. The molecule has 1 atom stereocenters. The Balaban J connectivity index is 3.09. The zero-order valence-electron chi connectivity index (χ0n) is 11.0. The van der Waals surface area contributed by atoms with E-state index < -0.39 is 18.0 Å². The first-order chi connectivity index (χ1) is 8.99. The molecule has 104 valence electrons. The first-order valence-corrected chi connectivity index (χ1v) is 6.20. The number of rotatable bonds is 7. The summed E-state index contributed by atoms with van der Waals surface area (Å²) >= 11 is 0. The van der Waals surface area contributed by atoms with Gasteiger partial charge in [-0.1, -0.05) is 25.5 Å². The predicted octanol–water partition coefficient (Wildman–Crippen LogP) is 2.96. The van der Waals surface area contributed by atoms with E-state index in [1.807, 2.05) is 6.92 Å². The molecule has 0 bridgehead atoms. The average Bonchev–Trinajstić information content (AvgIpc) is 2.37. The van der Waals surface area contributed by atoms with Crippen molar-refractivity contribution in [2.24, 2.45) is 0 Å². The van der Waals surface area contributed by atoms with Crippen molar-refractivity contribution >= 4 is 11.9 Å². The monoisotopic (exact) mass is 266 g/mol. The molecular formula is C14H18O5. The number of benzene rings is 1. The van der Waals surface area contributed by atoms with Gasteiger partial charge in [0.05, 0.1) is 17.2 Å². The number of carboxylic acid groups (broad SMARTS) is 2. The summed E-state index contributed by atoms with van der Waals surface area (Å²) < 4.78 is 5.54. The molecule has 0 aliphatic carbocycles. The number of aromatic carboxylic acids is 2. The van der Waals surface area contributed by atoms with Crippen LogP contribution in [0, 0.1) is 0 Å². The van der Waals surface area contributed by atoms with Gasteiger partial charge in [0.15, 0.2) is 0 Å². The average molecular weight is 266 g/mol. The Bertz CT molecular complexity index is 467. The molecule has 0 saturated carbocycles. The van der Waals surface area contributed by atoms with Crippen molar-refractivity contribution in [3.05, 3.63) is 34.9 Å². The molecule has 0 saturated heterocycles. The third-order valence-corrected chi connectivity index (χ3v) is 2.84. The van der Waals surface area contributed by atoms with Crippen LogP contribution < -0.4 is 0 Å². The van der Waals surface area contributed by atoms with E-state index in [2.05, 4.69) is 0 Å². The Morgan fingerprint density at radius 1 is 1.26 bits per heavy atom. The molecule has 0 aromatic heterocycles. The SMILES string of the molecule is CCCCOC(C)c1cccc(C(=O)O)c1C(=O)O. The molecule has 5 heteroatoms. The highest BCUT2D eigenvalue weighted by Gasteiger charge is 2.22. The second-order valence-corrected chi connectivity index (χ2v) is 4.25. The molecule has 0 heterocycles. The highest BCUT2D eigenvalue weighted by atomic mass is 16.5.